The number of hydrogen-bond donors (Lipinski definition) is 2. The van der Waals surface area contributed by atoms with Gasteiger partial charge < -0.3 is 24.8 Å². The highest BCUT2D eigenvalue weighted by Gasteiger charge is 2.22. The van der Waals surface area contributed by atoms with Crippen molar-refractivity contribution in [2.75, 3.05) is 26.6 Å². The van der Waals surface area contributed by atoms with Gasteiger partial charge in [0.25, 0.3) is 5.91 Å². The maximum Gasteiger partial charge on any atom is 0.255 e. The number of benzene rings is 2. The Morgan fingerprint density at radius 1 is 0.929 bits per heavy atom. The van der Waals surface area contributed by atoms with Gasteiger partial charge in [-0.3, -0.25) is 9.59 Å². The topological polar surface area (TPSA) is 85.9 Å². The van der Waals surface area contributed by atoms with Gasteiger partial charge in [0.15, 0.2) is 11.5 Å². The Kier molecular flexibility index (Phi) is 7.26. The van der Waals surface area contributed by atoms with Crippen LogP contribution in [0.25, 0.3) is 0 Å². The molecule has 2 aromatic carbocycles. The van der Waals surface area contributed by atoms with Crippen LogP contribution in [0.3, 0.4) is 0 Å². The van der Waals surface area contributed by atoms with Crippen LogP contribution in [0.5, 0.6) is 17.2 Å². The molecular formula is C21H26N2O5. The summed E-state index contributed by atoms with van der Waals surface area (Å²) in [6.07, 6.45) is 0.418. The minimum absolute atomic E-state index is 0.0466. The monoisotopic (exact) mass is 386 g/mol. The summed E-state index contributed by atoms with van der Waals surface area (Å²) in [6, 6.07) is 10.4. The van der Waals surface area contributed by atoms with Gasteiger partial charge in [0, 0.05) is 12.1 Å². The lowest BCUT2D eigenvalue weighted by Gasteiger charge is -2.18. The fourth-order valence-corrected chi connectivity index (χ4v) is 2.74. The third-order valence-corrected chi connectivity index (χ3v) is 4.31. The van der Waals surface area contributed by atoms with Crippen LogP contribution in [0.4, 0.5) is 5.69 Å². The first-order valence-electron chi connectivity index (χ1n) is 8.94. The van der Waals surface area contributed by atoms with E-state index in [1.54, 1.807) is 19.1 Å². The summed E-state index contributed by atoms with van der Waals surface area (Å²) in [5, 5.41) is 5.74. The van der Waals surface area contributed by atoms with Crippen LogP contribution in [0, 0.1) is 0 Å². The third kappa shape index (κ3) is 4.73. The number of carbonyl (C=O) groups excluding carboxylic acids is 2. The van der Waals surface area contributed by atoms with E-state index in [2.05, 4.69) is 10.6 Å². The third-order valence-electron chi connectivity index (χ3n) is 4.31. The van der Waals surface area contributed by atoms with Gasteiger partial charge in [-0.05, 0) is 36.8 Å². The maximum absolute atomic E-state index is 12.8. The predicted molar refractivity (Wildman–Crippen MR) is 107 cm³/mol. The number of carbonyl (C=O) groups is 2. The molecule has 28 heavy (non-hydrogen) atoms. The van der Waals surface area contributed by atoms with Gasteiger partial charge >= 0.3 is 0 Å². The van der Waals surface area contributed by atoms with Crippen molar-refractivity contribution >= 4 is 17.5 Å². The van der Waals surface area contributed by atoms with Crippen LogP contribution >= 0.6 is 0 Å². The van der Waals surface area contributed by atoms with E-state index < -0.39 is 0 Å². The van der Waals surface area contributed by atoms with E-state index in [0.717, 1.165) is 11.3 Å². The van der Waals surface area contributed by atoms with Gasteiger partial charge in [0.1, 0.15) is 0 Å². The molecule has 0 spiro atoms. The van der Waals surface area contributed by atoms with E-state index in [4.69, 9.17) is 14.2 Å². The summed E-state index contributed by atoms with van der Waals surface area (Å²) in [6.45, 7) is 3.68. The summed E-state index contributed by atoms with van der Waals surface area (Å²) in [7, 11) is 4.48. The smallest absolute Gasteiger partial charge is 0.255 e. The molecule has 0 radical (unpaired) electrons. The molecule has 1 unspecified atom stereocenters. The highest BCUT2D eigenvalue weighted by Crippen LogP contribution is 2.39. The molecule has 0 saturated heterocycles. The van der Waals surface area contributed by atoms with Crippen molar-refractivity contribution < 1.29 is 23.8 Å². The summed E-state index contributed by atoms with van der Waals surface area (Å²) in [5.74, 6) is 0.808. The highest BCUT2D eigenvalue weighted by molar-refractivity contribution is 5.98. The first kappa shape index (κ1) is 21.1. The minimum Gasteiger partial charge on any atom is -0.493 e. The zero-order valence-corrected chi connectivity index (χ0v) is 16.8. The molecule has 1 atom stereocenters. The van der Waals surface area contributed by atoms with Gasteiger partial charge in [0.2, 0.25) is 11.7 Å². The van der Waals surface area contributed by atoms with E-state index in [0.29, 0.717) is 29.2 Å². The normalized spacial score (nSPS) is 11.3. The summed E-state index contributed by atoms with van der Waals surface area (Å²) < 4.78 is 15.9. The lowest BCUT2D eigenvalue weighted by atomic mass is 10.1. The molecule has 150 valence electrons. The SMILES string of the molecule is CCC(=O)Nc1ccc(C(C)NC(=O)c2ccc(OC)c(OC)c2OC)cc1. The molecule has 0 bridgehead atoms. The standard InChI is InChI=1S/C21H26N2O5/c1-6-18(24)23-15-9-7-14(8-10-15)13(2)22-21(25)16-11-12-17(26-3)20(28-5)19(16)27-4/h7-13H,6H2,1-5H3,(H,22,25)(H,23,24). The van der Waals surface area contributed by atoms with E-state index in [-0.39, 0.29) is 17.9 Å². The molecule has 0 saturated carbocycles. The molecule has 0 aliphatic rings. The Hall–Kier alpha value is -3.22. The quantitative estimate of drug-likeness (QED) is 0.725. The number of hydrogen-bond acceptors (Lipinski definition) is 5. The lowest BCUT2D eigenvalue weighted by molar-refractivity contribution is -0.115. The van der Waals surface area contributed by atoms with Gasteiger partial charge in [0.05, 0.1) is 32.9 Å². The Morgan fingerprint density at radius 2 is 1.57 bits per heavy atom. The molecule has 0 aromatic heterocycles. The summed E-state index contributed by atoms with van der Waals surface area (Å²) >= 11 is 0. The fourth-order valence-electron chi connectivity index (χ4n) is 2.74. The molecule has 7 nitrogen and oxygen atoms in total. The van der Waals surface area contributed by atoms with Crippen LogP contribution < -0.4 is 24.8 Å². The van der Waals surface area contributed by atoms with Crippen LogP contribution in [0.15, 0.2) is 36.4 Å². The van der Waals surface area contributed by atoms with Crippen LogP contribution in [-0.2, 0) is 4.79 Å². The number of nitrogens with one attached hydrogen (secondary N) is 2. The average molecular weight is 386 g/mol. The number of ether oxygens (including phenoxy) is 3. The second-order valence-electron chi connectivity index (χ2n) is 6.10. The predicted octanol–water partition coefficient (Wildman–Crippen LogP) is 3.55. The number of rotatable bonds is 8. The Bertz CT molecular complexity index is 833. The van der Waals surface area contributed by atoms with Crippen molar-refractivity contribution in [1.82, 2.24) is 5.32 Å². The van der Waals surface area contributed by atoms with Gasteiger partial charge in [-0.25, -0.2) is 0 Å². The van der Waals surface area contributed by atoms with Gasteiger partial charge in [-0.1, -0.05) is 19.1 Å². The molecule has 0 fully saturated rings. The fraction of sp³-hybridized carbons (Fsp3) is 0.333. The highest BCUT2D eigenvalue weighted by atomic mass is 16.5. The number of methoxy groups -OCH3 is 3. The van der Waals surface area contributed by atoms with Gasteiger partial charge in [-0.15, -0.1) is 0 Å². The second-order valence-corrected chi connectivity index (χ2v) is 6.10. The molecule has 2 rings (SSSR count). The van der Waals surface area contributed by atoms with Crippen molar-refractivity contribution in [3.63, 3.8) is 0 Å². The second kappa shape index (κ2) is 9.64. The van der Waals surface area contributed by atoms with Gasteiger partial charge in [-0.2, -0.15) is 0 Å². The maximum atomic E-state index is 12.8. The Labute approximate surface area is 165 Å². The average Bonchev–Trinajstić information content (AvgIpc) is 2.72. The van der Waals surface area contributed by atoms with Crippen molar-refractivity contribution in [3.05, 3.63) is 47.5 Å². The molecule has 0 heterocycles. The molecule has 2 amide bonds. The van der Waals surface area contributed by atoms with Crippen molar-refractivity contribution in [2.24, 2.45) is 0 Å². The zero-order chi connectivity index (χ0) is 20.7. The largest absolute Gasteiger partial charge is 0.493 e. The Balaban J connectivity index is 2.17. The molecule has 7 heteroatoms. The molecule has 2 aromatic rings. The first-order valence-corrected chi connectivity index (χ1v) is 8.94. The Morgan fingerprint density at radius 3 is 2.11 bits per heavy atom. The van der Waals surface area contributed by atoms with Crippen LogP contribution in [0.1, 0.15) is 42.2 Å². The van der Waals surface area contributed by atoms with Crippen molar-refractivity contribution in [2.45, 2.75) is 26.3 Å². The van der Waals surface area contributed by atoms with Crippen LogP contribution in [-0.4, -0.2) is 33.1 Å². The lowest BCUT2D eigenvalue weighted by Crippen LogP contribution is -2.27. The molecular weight excluding hydrogens is 360 g/mol. The first-order chi connectivity index (χ1) is 13.4. The van der Waals surface area contributed by atoms with E-state index >= 15 is 0 Å². The van der Waals surface area contributed by atoms with E-state index in [9.17, 15) is 9.59 Å². The minimum atomic E-state index is -0.298. The molecule has 0 aliphatic heterocycles. The van der Waals surface area contributed by atoms with Crippen LogP contribution in [0.2, 0.25) is 0 Å². The zero-order valence-electron chi connectivity index (χ0n) is 16.8. The number of amides is 2. The van der Waals surface area contributed by atoms with Crippen molar-refractivity contribution in [3.8, 4) is 17.2 Å². The summed E-state index contributed by atoms with van der Waals surface area (Å²) in [5.41, 5.74) is 1.97. The molecule has 0 aliphatic carbocycles. The summed E-state index contributed by atoms with van der Waals surface area (Å²) in [4.78, 5) is 24.2. The van der Waals surface area contributed by atoms with E-state index in [1.807, 2.05) is 31.2 Å². The molecule has 2 N–H and O–H groups in total. The van der Waals surface area contributed by atoms with E-state index in [1.165, 1.54) is 21.3 Å². The number of anilines is 1. The van der Waals surface area contributed by atoms with Crippen molar-refractivity contribution in [1.29, 1.82) is 0 Å².